The summed E-state index contributed by atoms with van der Waals surface area (Å²) in [4.78, 5) is 12.1. The normalized spacial score (nSPS) is 18.4. The van der Waals surface area contributed by atoms with Crippen LogP contribution in [0.15, 0.2) is 11.6 Å². The van der Waals surface area contributed by atoms with Crippen molar-refractivity contribution in [2.75, 3.05) is 6.61 Å². The summed E-state index contributed by atoms with van der Waals surface area (Å²) in [6.45, 7) is 4.67. The number of allylic oxidation sites excluding steroid dienone is 1. The van der Waals surface area contributed by atoms with Gasteiger partial charge in [-0.25, -0.2) is 0 Å². The van der Waals surface area contributed by atoms with Crippen LogP contribution in [-0.4, -0.2) is 18.5 Å². The fourth-order valence-corrected chi connectivity index (χ4v) is 2.02. The SMILES string of the molecule is CCCC(OCC)C(=O)C1=CCCCC1. The van der Waals surface area contributed by atoms with Gasteiger partial charge in [-0.3, -0.25) is 4.79 Å². The number of Topliss-reactive ketones (excluding diaryl/α,β-unsaturated/α-hetero) is 1. The molecule has 0 aromatic carbocycles. The number of hydrogen-bond donors (Lipinski definition) is 0. The van der Waals surface area contributed by atoms with Gasteiger partial charge >= 0.3 is 0 Å². The first-order valence-corrected chi connectivity index (χ1v) is 6.14. The van der Waals surface area contributed by atoms with E-state index < -0.39 is 0 Å². The maximum absolute atomic E-state index is 12.1. The van der Waals surface area contributed by atoms with Crippen molar-refractivity contribution in [2.24, 2.45) is 0 Å². The summed E-state index contributed by atoms with van der Waals surface area (Å²) in [7, 11) is 0. The van der Waals surface area contributed by atoms with E-state index in [1.165, 1.54) is 6.42 Å². The van der Waals surface area contributed by atoms with E-state index in [1.54, 1.807) is 0 Å². The highest BCUT2D eigenvalue weighted by atomic mass is 16.5. The highest BCUT2D eigenvalue weighted by Gasteiger charge is 2.22. The van der Waals surface area contributed by atoms with Gasteiger partial charge in [0.15, 0.2) is 5.78 Å². The van der Waals surface area contributed by atoms with Crippen LogP contribution < -0.4 is 0 Å². The molecule has 1 rings (SSSR count). The van der Waals surface area contributed by atoms with Gasteiger partial charge in [-0.05, 0) is 44.6 Å². The van der Waals surface area contributed by atoms with Crippen LogP contribution in [0, 0.1) is 0 Å². The first kappa shape index (κ1) is 12.4. The van der Waals surface area contributed by atoms with Crippen LogP contribution >= 0.6 is 0 Å². The van der Waals surface area contributed by atoms with Crippen molar-refractivity contribution < 1.29 is 9.53 Å². The lowest BCUT2D eigenvalue weighted by molar-refractivity contribution is -0.127. The Morgan fingerprint density at radius 3 is 2.80 bits per heavy atom. The Kier molecular flexibility index (Phi) is 5.62. The molecule has 1 aliphatic carbocycles. The zero-order valence-electron chi connectivity index (χ0n) is 9.92. The standard InChI is InChI=1S/C13H22O2/c1-3-8-12(15-4-2)13(14)11-9-6-5-7-10-11/h9,12H,3-8,10H2,1-2H3. The molecule has 0 N–H and O–H groups in total. The fraction of sp³-hybridized carbons (Fsp3) is 0.769. The topological polar surface area (TPSA) is 26.3 Å². The maximum Gasteiger partial charge on any atom is 0.187 e. The summed E-state index contributed by atoms with van der Waals surface area (Å²) < 4.78 is 5.51. The molecule has 0 heterocycles. The minimum absolute atomic E-state index is 0.190. The highest BCUT2D eigenvalue weighted by Crippen LogP contribution is 2.21. The van der Waals surface area contributed by atoms with Crippen molar-refractivity contribution in [2.45, 2.75) is 58.5 Å². The highest BCUT2D eigenvalue weighted by molar-refractivity contribution is 5.98. The summed E-state index contributed by atoms with van der Waals surface area (Å²) in [6.07, 6.45) is 8.16. The number of ether oxygens (including phenoxy) is 1. The van der Waals surface area contributed by atoms with Gasteiger partial charge in [-0.2, -0.15) is 0 Å². The molecular formula is C13H22O2. The van der Waals surface area contributed by atoms with E-state index in [0.29, 0.717) is 6.61 Å². The van der Waals surface area contributed by atoms with Crippen LogP contribution in [0.1, 0.15) is 52.4 Å². The molecule has 0 saturated heterocycles. The molecule has 0 fully saturated rings. The van der Waals surface area contributed by atoms with Crippen LogP contribution in [0.2, 0.25) is 0 Å². The summed E-state index contributed by atoms with van der Waals surface area (Å²) in [6, 6.07) is 0. The maximum atomic E-state index is 12.1. The van der Waals surface area contributed by atoms with Gasteiger partial charge in [-0.15, -0.1) is 0 Å². The molecular weight excluding hydrogens is 188 g/mol. The molecule has 0 aliphatic heterocycles. The Hall–Kier alpha value is -0.630. The second kappa shape index (κ2) is 6.78. The first-order valence-electron chi connectivity index (χ1n) is 6.14. The lowest BCUT2D eigenvalue weighted by atomic mass is 9.93. The minimum Gasteiger partial charge on any atom is -0.370 e. The Morgan fingerprint density at radius 2 is 2.27 bits per heavy atom. The van der Waals surface area contributed by atoms with Crippen LogP contribution in [-0.2, 0) is 9.53 Å². The van der Waals surface area contributed by atoms with E-state index in [0.717, 1.165) is 37.7 Å². The van der Waals surface area contributed by atoms with E-state index in [1.807, 2.05) is 6.92 Å². The van der Waals surface area contributed by atoms with Gasteiger partial charge < -0.3 is 4.74 Å². The van der Waals surface area contributed by atoms with Crippen LogP contribution in [0.25, 0.3) is 0 Å². The van der Waals surface area contributed by atoms with Gasteiger partial charge in [0.25, 0.3) is 0 Å². The van der Waals surface area contributed by atoms with E-state index >= 15 is 0 Å². The fourth-order valence-electron chi connectivity index (χ4n) is 2.02. The van der Waals surface area contributed by atoms with Gasteiger partial charge in [0.2, 0.25) is 0 Å². The van der Waals surface area contributed by atoms with Gasteiger partial charge in [-0.1, -0.05) is 19.4 Å². The van der Waals surface area contributed by atoms with Crippen molar-refractivity contribution in [3.8, 4) is 0 Å². The zero-order valence-corrected chi connectivity index (χ0v) is 9.92. The molecule has 0 aromatic heterocycles. The van der Waals surface area contributed by atoms with Crippen molar-refractivity contribution in [1.82, 2.24) is 0 Å². The lowest BCUT2D eigenvalue weighted by Gasteiger charge is -2.19. The van der Waals surface area contributed by atoms with E-state index in [2.05, 4.69) is 13.0 Å². The average Bonchev–Trinajstić information content (AvgIpc) is 2.29. The van der Waals surface area contributed by atoms with Crippen molar-refractivity contribution in [1.29, 1.82) is 0 Å². The number of carbonyl (C=O) groups excluding carboxylic acids is 1. The number of hydrogen-bond acceptors (Lipinski definition) is 2. The summed E-state index contributed by atoms with van der Waals surface area (Å²) in [5.41, 5.74) is 1.01. The number of rotatable bonds is 6. The monoisotopic (exact) mass is 210 g/mol. The van der Waals surface area contributed by atoms with Gasteiger partial charge in [0.1, 0.15) is 6.10 Å². The van der Waals surface area contributed by atoms with Crippen molar-refractivity contribution in [3.63, 3.8) is 0 Å². The van der Waals surface area contributed by atoms with Crippen LogP contribution in [0.3, 0.4) is 0 Å². The van der Waals surface area contributed by atoms with E-state index in [-0.39, 0.29) is 11.9 Å². The Balaban J connectivity index is 2.57. The third kappa shape index (κ3) is 3.78. The Labute approximate surface area is 92.7 Å². The molecule has 0 spiro atoms. The number of ketones is 1. The first-order chi connectivity index (χ1) is 7.29. The second-order valence-corrected chi connectivity index (χ2v) is 4.07. The molecule has 0 bridgehead atoms. The molecule has 2 heteroatoms. The molecule has 1 aliphatic rings. The number of carbonyl (C=O) groups is 1. The largest absolute Gasteiger partial charge is 0.370 e. The molecule has 15 heavy (non-hydrogen) atoms. The lowest BCUT2D eigenvalue weighted by Crippen LogP contribution is -2.26. The van der Waals surface area contributed by atoms with Crippen LogP contribution in [0.4, 0.5) is 0 Å². The molecule has 1 unspecified atom stereocenters. The van der Waals surface area contributed by atoms with Crippen LogP contribution in [0.5, 0.6) is 0 Å². The minimum atomic E-state index is -0.190. The van der Waals surface area contributed by atoms with E-state index in [4.69, 9.17) is 4.74 Å². The van der Waals surface area contributed by atoms with Gasteiger partial charge in [0, 0.05) is 6.61 Å². The predicted molar refractivity (Wildman–Crippen MR) is 61.9 cm³/mol. The molecule has 0 radical (unpaired) electrons. The Bertz CT molecular complexity index is 225. The molecule has 0 aromatic rings. The predicted octanol–water partition coefficient (Wildman–Crippen LogP) is 3.26. The zero-order chi connectivity index (χ0) is 11.1. The molecule has 86 valence electrons. The third-order valence-electron chi connectivity index (χ3n) is 2.82. The second-order valence-electron chi connectivity index (χ2n) is 4.07. The molecule has 0 saturated carbocycles. The molecule has 2 nitrogen and oxygen atoms in total. The summed E-state index contributed by atoms with van der Waals surface area (Å²) in [5, 5.41) is 0. The van der Waals surface area contributed by atoms with Crippen molar-refractivity contribution >= 4 is 5.78 Å². The quantitative estimate of drug-likeness (QED) is 0.672. The molecule has 1 atom stereocenters. The Morgan fingerprint density at radius 1 is 1.47 bits per heavy atom. The smallest absolute Gasteiger partial charge is 0.187 e. The summed E-state index contributed by atoms with van der Waals surface area (Å²) >= 11 is 0. The average molecular weight is 210 g/mol. The van der Waals surface area contributed by atoms with E-state index in [9.17, 15) is 4.79 Å². The van der Waals surface area contributed by atoms with Gasteiger partial charge in [0.05, 0.1) is 0 Å². The van der Waals surface area contributed by atoms with Crippen molar-refractivity contribution in [3.05, 3.63) is 11.6 Å². The molecule has 0 amide bonds. The summed E-state index contributed by atoms with van der Waals surface area (Å²) in [5.74, 6) is 0.235. The third-order valence-corrected chi connectivity index (χ3v) is 2.82.